The van der Waals surface area contributed by atoms with Crippen LogP contribution in [0.2, 0.25) is 0 Å². The third-order valence-corrected chi connectivity index (χ3v) is 3.84. The quantitative estimate of drug-likeness (QED) is 0.168. The first-order valence-corrected chi connectivity index (χ1v) is 9.76. The van der Waals surface area contributed by atoms with Crippen molar-refractivity contribution >= 4 is 11.9 Å². The number of hydrogen-bond donors (Lipinski definition) is 2. The molecule has 0 spiro atoms. The van der Waals surface area contributed by atoms with Crippen LogP contribution in [0.3, 0.4) is 0 Å². The number of carboxylic acids is 1. The van der Waals surface area contributed by atoms with Crippen LogP contribution < -0.4 is 0 Å². The lowest BCUT2D eigenvalue weighted by Gasteiger charge is -2.24. The maximum Gasteiger partial charge on any atom is 0.361 e. The van der Waals surface area contributed by atoms with Gasteiger partial charge in [0.25, 0.3) is 6.29 Å². The van der Waals surface area contributed by atoms with Crippen LogP contribution in [0.1, 0.15) is 51.9 Å². The van der Waals surface area contributed by atoms with E-state index in [0.29, 0.717) is 17.4 Å². The molecular formula is C19H38NO7+. The Bertz CT molecular complexity index is 409. The van der Waals surface area contributed by atoms with Gasteiger partial charge in [0.2, 0.25) is 0 Å². The fourth-order valence-corrected chi connectivity index (χ4v) is 2.18. The third-order valence-electron chi connectivity index (χ3n) is 3.84. The second-order valence-electron chi connectivity index (χ2n) is 7.74. The van der Waals surface area contributed by atoms with Crippen LogP contribution in [-0.2, 0) is 23.8 Å². The van der Waals surface area contributed by atoms with E-state index in [1.165, 1.54) is 19.3 Å². The van der Waals surface area contributed by atoms with Crippen LogP contribution in [0.4, 0.5) is 0 Å². The number of ether oxygens (including phenoxy) is 3. The molecule has 0 saturated heterocycles. The van der Waals surface area contributed by atoms with Crippen molar-refractivity contribution in [1.82, 2.24) is 0 Å². The molecule has 0 aromatic rings. The van der Waals surface area contributed by atoms with Crippen LogP contribution in [0.5, 0.6) is 0 Å². The highest BCUT2D eigenvalue weighted by Crippen LogP contribution is 2.07. The summed E-state index contributed by atoms with van der Waals surface area (Å²) < 4.78 is 15.9. The van der Waals surface area contributed by atoms with E-state index < -0.39 is 18.4 Å². The van der Waals surface area contributed by atoms with Gasteiger partial charge in [-0.2, -0.15) is 0 Å². The Morgan fingerprint density at radius 2 is 1.59 bits per heavy atom. The Kier molecular flexibility index (Phi) is 14.1. The van der Waals surface area contributed by atoms with E-state index in [-0.39, 0.29) is 25.8 Å². The number of nitrogens with zero attached hydrogens (tertiary/aromatic N) is 1. The number of rotatable bonds is 17. The van der Waals surface area contributed by atoms with Gasteiger partial charge in [-0.3, -0.25) is 4.79 Å². The largest absolute Gasteiger partial charge is 0.477 e. The summed E-state index contributed by atoms with van der Waals surface area (Å²) in [6.07, 6.45) is 4.24. The normalized spacial score (nSPS) is 14.0. The third kappa shape index (κ3) is 16.7. The lowest BCUT2D eigenvalue weighted by Crippen LogP contribution is -2.40. The lowest BCUT2D eigenvalue weighted by molar-refractivity contribution is -0.870. The molecule has 2 unspecified atom stereocenters. The minimum Gasteiger partial charge on any atom is -0.477 e. The fourth-order valence-electron chi connectivity index (χ4n) is 2.18. The van der Waals surface area contributed by atoms with Gasteiger partial charge >= 0.3 is 11.9 Å². The van der Waals surface area contributed by atoms with Crippen molar-refractivity contribution in [2.75, 3.05) is 47.5 Å². The maximum atomic E-state index is 11.6. The number of carbonyl (C=O) groups excluding carboxylic acids is 1. The molecule has 0 aromatic heterocycles. The van der Waals surface area contributed by atoms with E-state index in [2.05, 4.69) is 6.92 Å². The van der Waals surface area contributed by atoms with E-state index in [9.17, 15) is 14.7 Å². The second-order valence-corrected chi connectivity index (χ2v) is 7.74. The summed E-state index contributed by atoms with van der Waals surface area (Å²) in [4.78, 5) is 22.7. The van der Waals surface area contributed by atoms with Crippen LogP contribution in [0.25, 0.3) is 0 Å². The topological polar surface area (TPSA) is 102 Å². The monoisotopic (exact) mass is 392 g/mol. The first kappa shape index (κ1) is 25.8. The summed E-state index contributed by atoms with van der Waals surface area (Å²) in [5, 5.41) is 18.9. The SMILES string of the molecule is CCCCCCCCC(=O)OCC(O)COC(OCC[N+](C)(C)C)C(=O)O. The van der Waals surface area contributed by atoms with E-state index in [1.54, 1.807) is 0 Å². The summed E-state index contributed by atoms with van der Waals surface area (Å²) in [7, 11) is 5.88. The minimum absolute atomic E-state index is 0.212. The summed E-state index contributed by atoms with van der Waals surface area (Å²) >= 11 is 0. The summed E-state index contributed by atoms with van der Waals surface area (Å²) in [6.45, 7) is 2.48. The molecule has 0 aliphatic heterocycles. The van der Waals surface area contributed by atoms with E-state index in [0.717, 1.165) is 19.3 Å². The molecule has 0 radical (unpaired) electrons. The molecule has 8 nitrogen and oxygen atoms in total. The maximum absolute atomic E-state index is 11.6. The molecule has 0 amide bonds. The van der Waals surface area contributed by atoms with Crippen molar-refractivity contribution in [2.24, 2.45) is 0 Å². The van der Waals surface area contributed by atoms with Crippen molar-refractivity contribution in [2.45, 2.75) is 64.3 Å². The molecule has 2 atom stereocenters. The first-order valence-electron chi connectivity index (χ1n) is 9.76. The van der Waals surface area contributed by atoms with Gasteiger partial charge in [0.1, 0.15) is 19.3 Å². The van der Waals surface area contributed by atoms with Crippen molar-refractivity contribution in [3.63, 3.8) is 0 Å². The molecule has 2 N–H and O–H groups in total. The highest BCUT2D eigenvalue weighted by Gasteiger charge is 2.22. The number of unbranched alkanes of at least 4 members (excludes halogenated alkanes) is 5. The average Bonchev–Trinajstić information content (AvgIpc) is 2.57. The van der Waals surface area contributed by atoms with Gasteiger partial charge < -0.3 is 28.9 Å². The highest BCUT2D eigenvalue weighted by molar-refractivity contribution is 5.70. The fraction of sp³-hybridized carbons (Fsp3) is 0.895. The van der Waals surface area contributed by atoms with Crippen LogP contribution in [0.15, 0.2) is 0 Å². The minimum atomic E-state index is -1.45. The first-order chi connectivity index (χ1) is 12.7. The van der Waals surface area contributed by atoms with Crippen LogP contribution in [-0.4, -0.2) is 86.5 Å². The number of aliphatic hydroxyl groups is 1. The van der Waals surface area contributed by atoms with Gasteiger partial charge in [0.15, 0.2) is 0 Å². The predicted molar refractivity (Wildman–Crippen MR) is 101 cm³/mol. The average molecular weight is 393 g/mol. The Hall–Kier alpha value is -1.22. The zero-order valence-electron chi connectivity index (χ0n) is 17.3. The van der Waals surface area contributed by atoms with Crippen molar-refractivity contribution in [3.8, 4) is 0 Å². The number of aliphatic carboxylic acids is 1. The number of hydrogen-bond acceptors (Lipinski definition) is 6. The van der Waals surface area contributed by atoms with Gasteiger partial charge in [0.05, 0.1) is 34.4 Å². The molecule has 0 rings (SSSR count). The Labute approximate surface area is 163 Å². The summed E-state index contributed by atoms with van der Waals surface area (Å²) in [5.74, 6) is -1.62. The molecule has 0 heterocycles. The smallest absolute Gasteiger partial charge is 0.361 e. The van der Waals surface area contributed by atoms with Crippen molar-refractivity contribution < 1.29 is 38.5 Å². The number of esters is 1. The molecule has 0 saturated carbocycles. The standard InChI is InChI=1S/C19H37NO7/c1-5-6-7-8-9-10-11-17(22)26-14-16(21)15-27-19(18(23)24)25-13-12-20(2,3)4/h16,19,21H,5-15H2,1-4H3/p+1. The molecule has 0 aliphatic rings. The zero-order valence-corrected chi connectivity index (χ0v) is 17.3. The van der Waals surface area contributed by atoms with Gasteiger partial charge in [-0.1, -0.05) is 39.0 Å². The molecule has 160 valence electrons. The number of likely N-dealkylation sites (N-methyl/N-ethyl adjacent to an activating group) is 1. The molecule has 0 aliphatic carbocycles. The van der Waals surface area contributed by atoms with Crippen LogP contribution in [0, 0.1) is 0 Å². The summed E-state index contributed by atoms with van der Waals surface area (Å²) in [5.41, 5.74) is 0. The molecule has 8 heteroatoms. The van der Waals surface area contributed by atoms with Gasteiger partial charge in [0, 0.05) is 6.42 Å². The van der Waals surface area contributed by atoms with Gasteiger partial charge in [-0.25, -0.2) is 4.79 Å². The van der Waals surface area contributed by atoms with E-state index in [4.69, 9.17) is 19.3 Å². The molecule has 27 heavy (non-hydrogen) atoms. The van der Waals surface area contributed by atoms with Gasteiger partial charge in [-0.05, 0) is 6.42 Å². The summed E-state index contributed by atoms with van der Waals surface area (Å²) in [6, 6.07) is 0. The van der Waals surface area contributed by atoms with Crippen LogP contribution >= 0.6 is 0 Å². The van der Waals surface area contributed by atoms with E-state index in [1.807, 2.05) is 21.1 Å². The second kappa shape index (κ2) is 14.8. The number of quaternary nitrogens is 1. The number of aliphatic hydroxyl groups excluding tert-OH is 1. The van der Waals surface area contributed by atoms with E-state index >= 15 is 0 Å². The molecular weight excluding hydrogens is 354 g/mol. The molecule has 0 bridgehead atoms. The highest BCUT2D eigenvalue weighted by atomic mass is 16.7. The Morgan fingerprint density at radius 3 is 2.19 bits per heavy atom. The Morgan fingerprint density at radius 1 is 0.963 bits per heavy atom. The number of carbonyl (C=O) groups is 2. The molecule has 0 fully saturated rings. The molecule has 0 aromatic carbocycles. The van der Waals surface area contributed by atoms with Gasteiger partial charge in [-0.15, -0.1) is 0 Å². The van der Waals surface area contributed by atoms with Crippen molar-refractivity contribution in [1.29, 1.82) is 0 Å². The Balaban J connectivity index is 3.89. The van der Waals surface area contributed by atoms with Crippen molar-refractivity contribution in [3.05, 3.63) is 0 Å². The predicted octanol–water partition coefficient (Wildman–Crippen LogP) is 1.79. The number of carboxylic acid groups (broad SMARTS) is 1. The lowest BCUT2D eigenvalue weighted by atomic mass is 10.1. The zero-order chi connectivity index (χ0) is 20.7.